The fourth-order valence-corrected chi connectivity index (χ4v) is 2.92. The largest absolute Gasteiger partial charge is 0.330 e. The molecule has 0 aromatic carbocycles. The lowest BCUT2D eigenvalue weighted by Crippen LogP contribution is -2.17. The van der Waals surface area contributed by atoms with Crippen molar-refractivity contribution in [2.75, 3.05) is 6.54 Å². The van der Waals surface area contributed by atoms with Crippen molar-refractivity contribution < 1.29 is 0 Å². The average Bonchev–Trinajstić information content (AvgIpc) is 2.44. The second-order valence-electron chi connectivity index (χ2n) is 3.37. The number of rotatable bonds is 1. The van der Waals surface area contributed by atoms with Crippen LogP contribution in [0.2, 0.25) is 0 Å². The molecule has 0 bridgehead atoms. The van der Waals surface area contributed by atoms with E-state index in [0.29, 0.717) is 5.92 Å². The summed E-state index contributed by atoms with van der Waals surface area (Å²) in [7, 11) is 0. The van der Waals surface area contributed by atoms with Crippen molar-refractivity contribution in [3.8, 4) is 0 Å². The molecule has 1 aromatic heterocycles. The summed E-state index contributed by atoms with van der Waals surface area (Å²) in [5, 5.41) is 1.19. The van der Waals surface area contributed by atoms with Crippen molar-refractivity contribution in [1.29, 1.82) is 0 Å². The van der Waals surface area contributed by atoms with Crippen LogP contribution in [0.5, 0.6) is 0 Å². The lowest BCUT2D eigenvalue weighted by molar-refractivity contribution is 0.553. The Balaban J connectivity index is 2.36. The molecule has 0 unspecified atom stereocenters. The number of nitrogens with two attached hydrogens (primary N) is 1. The molecule has 12 heavy (non-hydrogen) atoms. The third-order valence-electron chi connectivity index (χ3n) is 2.46. The Morgan fingerprint density at radius 1 is 1.67 bits per heavy atom. The Bertz CT molecular complexity index is 280. The maximum absolute atomic E-state index is 5.69. The number of hydrogen-bond donors (Lipinski definition) is 1. The van der Waals surface area contributed by atoms with Crippen molar-refractivity contribution in [1.82, 2.24) is 4.98 Å². The highest BCUT2D eigenvalue weighted by Crippen LogP contribution is 2.33. The van der Waals surface area contributed by atoms with Gasteiger partial charge in [0.05, 0.1) is 10.7 Å². The zero-order valence-corrected chi connectivity index (χ0v) is 8.16. The molecule has 3 heteroatoms. The summed E-state index contributed by atoms with van der Waals surface area (Å²) in [4.78, 5) is 6.02. The molecule has 1 aliphatic carbocycles. The number of fused-ring (bicyclic) bond motifs is 1. The van der Waals surface area contributed by atoms with Crippen LogP contribution in [0.15, 0.2) is 0 Å². The fraction of sp³-hybridized carbons (Fsp3) is 0.667. The quantitative estimate of drug-likeness (QED) is 0.719. The first-order valence-corrected chi connectivity index (χ1v) is 5.29. The summed E-state index contributed by atoms with van der Waals surface area (Å²) in [5.41, 5.74) is 6.99. The van der Waals surface area contributed by atoms with Gasteiger partial charge in [-0.05, 0) is 26.2 Å². The van der Waals surface area contributed by atoms with E-state index in [1.165, 1.54) is 34.8 Å². The third kappa shape index (κ3) is 1.27. The smallest absolute Gasteiger partial charge is 0.0900 e. The van der Waals surface area contributed by atoms with Crippen molar-refractivity contribution in [2.45, 2.75) is 32.1 Å². The Morgan fingerprint density at radius 2 is 2.50 bits per heavy atom. The molecule has 66 valence electrons. The van der Waals surface area contributed by atoms with Crippen molar-refractivity contribution in [2.24, 2.45) is 5.73 Å². The predicted molar refractivity (Wildman–Crippen MR) is 51.6 cm³/mol. The second-order valence-corrected chi connectivity index (χ2v) is 4.65. The lowest BCUT2D eigenvalue weighted by atomic mass is 9.91. The van der Waals surface area contributed by atoms with Gasteiger partial charge in [0.1, 0.15) is 0 Å². The van der Waals surface area contributed by atoms with Crippen LogP contribution in [-0.2, 0) is 6.42 Å². The Labute approximate surface area is 76.8 Å². The number of thiazole rings is 1. The molecule has 0 saturated heterocycles. The molecule has 1 heterocycles. The minimum atomic E-state index is 0.540. The lowest BCUT2D eigenvalue weighted by Gasteiger charge is -2.18. The molecular formula is C9H14N2S. The van der Waals surface area contributed by atoms with Gasteiger partial charge in [-0.1, -0.05) is 0 Å². The summed E-state index contributed by atoms with van der Waals surface area (Å²) in [6.07, 6.45) is 3.74. The van der Waals surface area contributed by atoms with E-state index in [4.69, 9.17) is 5.73 Å². The van der Waals surface area contributed by atoms with Crippen molar-refractivity contribution >= 4 is 11.3 Å². The van der Waals surface area contributed by atoms with Crippen LogP contribution in [-0.4, -0.2) is 11.5 Å². The summed E-state index contributed by atoms with van der Waals surface area (Å²) in [6.45, 7) is 2.84. The molecule has 0 radical (unpaired) electrons. The third-order valence-corrected chi connectivity index (χ3v) is 3.51. The first-order chi connectivity index (χ1) is 5.81. The fourth-order valence-electron chi connectivity index (χ4n) is 1.86. The Kier molecular flexibility index (Phi) is 2.15. The Hall–Kier alpha value is -0.410. The summed E-state index contributed by atoms with van der Waals surface area (Å²) in [5.74, 6) is 0.540. The molecule has 0 saturated carbocycles. The van der Waals surface area contributed by atoms with E-state index in [1.807, 2.05) is 11.3 Å². The minimum Gasteiger partial charge on any atom is -0.330 e. The maximum Gasteiger partial charge on any atom is 0.0900 e. The molecule has 0 amide bonds. The minimum absolute atomic E-state index is 0.540. The predicted octanol–water partition coefficient (Wildman–Crippen LogP) is 1.83. The number of hydrogen-bond acceptors (Lipinski definition) is 3. The standard InChI is InChI=1S/C9H14N2S/c1-6-11-9-7(5-10)3-2-4-8(9)12-6/h7H,2-5,10H2,1H3/t7-/m0/s1. The van der Waals surface area contributed by atoms with Crippen LogP contribution in [0, 0.1) is 6.92 Å². The van der Waals surface area contributed by atoms with Crippen LogP contribution in [0.25, 0.3) is 0 Å². The van der Waals surface area contributed by atoms with Crippen molar-refractivity contribution in [3.05, 3.63) is 15.6 Å². The molecule has 2 nitrogen and oxygen atoms in total. The van der Waals surface area contributed by atoms with Crippen molar-refractivity contribution in [3.63, 3.8) is 0 Å². The van der Waals surface area contributed by atoms with E-state index < -0.39 is 0 Å². The van der Waals surface area contributed by atoms with E-state index in [2.05, 4.69) is 11.9 Å². The van der Waals surface area contributed by atoms with Gasteiger partial charge in [0, 0.05) is 17.3 Å². The highest BCUT2D eigenvalue weighted by molar-refractivity contribution is 7.11. The number of aromatic nitrogens is 1. The molecule has 1 atom stereocenters. The van der Waals surface area contributed by atoms with E-state index >= 15 is 0 Å². The van der Waals surface area contributed by atoms with E-state index in [1.54, 1.807) is 0 Å². The van der Waals surface area contributed by atoms with Gasteiger partial charge < -0.3 is 5.73 Å². The van der Waals surface area contributed by atoms with Gasteiger partial charge in [-0.25, -0.2) is 4.98 Å². The van der Waals surface area contributed by atoms with Crippen LogP contribution in [0.4, 0.5) is 0 Å². The molecule has 1 aliphatic rings. The molecule has 1 aromatic rings. The molecule has 0 fully saturated rings. The number of aryl methyl sites for hydroxylation is 2. The first kappa shape index (κ1) is 8.20. The zero-order chi connectivity index (χ0) is 8.55. The van der Waals surface area contributed by atoms with Gasteiger partial charge in [0.25, 0.3) is 0 Å². The van der Waals surface area contributed by atoms with E-state index in [0.717, 1.165) is 6.54 Å². The van der Waals surface area contributed by atoms with Gasteiger partial charge in [-0.15, -0.1) is 11.3 Å². The highest BCUT2D eigenvalue weighted by atomic mass is 32.1. The van der Waals surface area contributed by atoms with Crippen LogP contribution in [0.1, 0.15) is 34.3 Å². The summed E-state index contributed by atoms with van der Waals surface area (Å²) >= 11 is 1.84. The van der Waals surface area contributed by atoms with Crippen LogP contribution >= 0.6 is 11.3 Å². The van der Waals surface area contributed by atoms with E-state index in [-0.39, 0.29) is 0 Å². The topological polar surface area (TPSA) is 38.9 Å². The summed E-state index contributed by atoms with van der Waals surface area (Å²) < 4.78 is 0. The number of nitrogens with zero attached hydrogens (tertiary/aromatic N) is 1. The molecule has 2 N–H and O–H groups in total. The monoisotopic (exact) mass is 182 g/mol. The zero-order valence-electron chi connectivity index (χ0n) is 7.34. The average molecular weight is 182 g/mol. The van der Waals surface area contributed by atoms with Gasteiger partial charge in [0.15, 0.2) is 0 Å². The molecular weight excluding hydrogens is 168 g/mol. The molecule has 0 spiro atoms. The molecule has 0 aliphatic heterocycles. The van der Waals surface area contributed by atoms with Crippen LogP contribution < -0.4 is 5.73 Å². The maximum atomic E-state index is 5.69. The summed E-state index contributed by atoms with van der Waals surface area (Å²) in [6, 6.07) is 0. The first-order valence-electron chi connectivity index (χ1n) is 4.47. The highest BCUT2D eigenvalue weighted by Gasteiger charge is 2.22. The second kappa shape index (κ2) is 3.15. The molecule has 2 rings (SSSR count). The normalized spacial score (nSPS) is 22.3. The Morgan fingerprint density at radius 3 is 3.25 bits per heavy atom. The van der Waals surface area contributed by atoms with Crippen LogP contribution in [0.3, 0.4) is 0 Å². The van der Waals surface area contributed by atoms with E-state index in [9.17, 15) is 0 Å². The van der Waals surface area contributed by atoms with Gasteiger partial charge >= 0.3 is 0 Å². The van der Waals surface area contributed by atoms with Gasteiger partial charge in [0.2, 0.25) is 0 Å². The van der Waals surface area contributed by atoms with Gasteiger partial charge in [-0.2, -0.15) is 0 Å². The SMILES string of the molecule is Cc1nc2c(s1)CCC[C@H]2CN. The van der Waals surface area contributed by atoms with Gasteiger partial charge in [-0.3, -0.25) is 0 Å².